The van der Waals surface area contributed by atoms with Crippen LogP contribution >= 0.6 is 0 Å². The number of rotatable bonds is 6. The second-order valence-electron chi connectivity index (χ2n) is 5.29. The largest absolute Gasteiger partial charge is 0.339 e. The molecule has 0 aromatic carbocycles. The van der Waals surface area contributed by atoms with E-state index in [1.165, 1.54) is 19.3 Å². The van der Waals surface area contributed by atoms with Crippen molar-refractivity contribution in [2.45, 2.75) is 58.4 Å². The summed E-state index contributed by atoms with van der Waals surface area (Å²) in [6.45, 7) is 7.54. The van der Waals surface area contributed by atoms with Crippen molar-refractivity contribution in [2.75, 3.05) is 6.54 Å². The number of hydrogen-bond acceptors (Lipinski definition) is 4. The van der Waals surface area contributed by atoms with Crippen molar-refractivity contribution in [1.82, 2.24) is 15.5 Å². The number of nitrogens with one attached hydrogen (secondary N) is 1. The van der Waals surface area contributed by atoms with Gasteiger partial charge in [0, 0.05) is 18.4 Å². The second kappa shape index (κ2) is 5.63. The summed E-state index contributed by atoms with van der Waals surface area (Å²) in [4.78, 5) is 4.52. The van der Waals surface area contributed by atoms with Gasteiger partial charge in [-0.3, -0.25) is 0 Å². The molecule has 1 aliphatic rings. The Balaban J connectivity index is 1.94. The van der Waals surface area contributed by atoms with Gasteiger partial charge in [-0.25, -0.2) is 0 Å². The molecular weight excluding hydrogens is 214 g/mol. The van der Waals surface area contributed by atoms with E-state index >= 15 is 0 Å². The Kier molecular flexibility index (Phi) is 4.15. The molecule has 17 heavy (non-hydrogen) atoms. The van der Waals surface area contributed by atoms with E-state index in [-0.39, 0.29) is 0 Å². The van der Waals surface area contributed by atoms with Crippen molar-refractivity contribution in [3.8, 4) is 0 Å². The zero-order valence-corrected chi connectivity index (χ0v) is 11.1. The molecule has 1 heterocycles. The zero-order chi connectivity index (χ0) is 12.3. The van der Waals surface area contributed by atoms with Gasteiger partial charge in [-0.1, -0.05) is 32.3 Å². The van der Waals surface area contributed by atoms with Crippen molar-refractivity contribution in [3.63, 3.8) is 0 Å². The van der Waals surface area contributed by atoms with E-state index in [0.29, 0.717) is 17.9 Å². The molecule has 0 amide bonds. The van der Waals surface area contributed by atoms with Gasteiger partial charge in [-0.05, 0) is 25.3 Å². The Morgan fingerprint density at radius 1 is 1.41 bits per heavy atom. The number of nitrogens with zero attached hydrogens (tertiary/aromatic N) is 2. The molecule has 0 saturated heterocycles. The highest BCUT2D eigenvalue weighted by Crippen LogP contribution is 2.34. The van der Waals surface area contributed by atoms with Crippen LogP contribution in [0.1, 0.15) is 57.7 Å². The van der Waals surface area contributed by atoms with Crippen molar-refractivity contribution in [2.24, 2.45) is 5.92 Å². The van der Waals surface area contributed by atoms with Gasteiger partial charge in [-0.15, -0.1) is 0 Å². The number of aromatic nitrogens is 2. The Labute approximate surface area is 103 Å². The Morgan fingerprint density at radius 2 is 2.18 bits per heavy atom. The molecule has 96 valence electrons. The fraction of sp³-hybridized carbons (Fsp3) is 0.846. The zero-order valence-electron chi connectivity index (χ0n) is 11.1. The fourth-order valence-corrected chi connectivity index (χ4v) is 2.18. The molecule has 0 spiro atoms. The van der Waals surface area contributed by atoms with Crippen molar-refractivity contribution in [1.29, 1.82) is 0 Å². The summed E-state index contributed by atoms with van der Waals surface area (Å²) in [5, 5.41) is 7.57. The molecular formula is C13H23N3O. The average Bonchev–Trinajstić information content (AvgIpc) is 2.63. The van der Waals surface area contributed by atoms with Crippen LogP contribution in [0.25, 0.3) is 0 Å². The van der Waals surface area contributed by atoms with E-state index in [1.807, 2.05) is 0 Å². The van der Waals surface area contributed by atoms with Crippen molar-refractivity contribution in [3.05, 3.63) is 11.7 Å². The lowest BCUT2D eigenvalue weighted by Crippen LogP contribution is -2.35. The first-order valence-corrected chi connectivity index (χ1v) is 6.76. The highest BCUT2D eigenvalue weighted by Gasteiger charge is 2.25. The van der Waals surface area contributed by atoms with Crippen LogP contribution in [-0.4, -0.2) is 22.7 Å². The quantitative estimate of drug-likeness (QED) is 0.826. The highest BCUT2D eigenvalue weighted by atomic mass is 16.5. The maximum Gasteiger partial charge on any atom is 0.228 e. The van der Waals surface area contributed by atoms with Crippen LogP contribution in [0.15, 0.2) is 4.52 Å². The molecule has 4 nitrogen and oxygen atoms in total. The Hall–Kier alpha value is -0.900. The predicted molar refractivity (Wildman–Crippen MR) is 66.9 cm³/mol. The van der Waals surface area contributed by atoms with E-state index in [1.54, 1.807) is 0 Å². The van der Waals surface area contributed by atoms with Gasteiger partial charge < -0.3 is 9.84 Å². The number of likely N-dealkylation sites (N-methyl/N-ethyl adjacent to an activating group) is 1. The van der Waals surface area contributed by atoms with Gasteiger partial charge in [0.2, 0.25) is 5.89 Å². The third kappa shape index (κ3) is 3.06. The molecule has 2 rings (SSSR count). The molecule has 1 aromatic heterocycles. The summed E-state index contributed by atoms with van der Waals surface area (Å²) in [6, 6.07) is 0.426. The van der Waals surface area contributed by atoms with Crippen molar-refractivity contribution < 1.29 is 4.52 Å². The van der Waals surface area contributed by atoms with Crippen LogP contribution in [0.2, 0.25) is 0 Å². The summed E-state index contributed by atoms with van der Waals surface area (Å²) < 4.78 is 5.35. The number of hydrogen-bond donors (Lipinski definition) is 1. The van der Waals surface area contributed by atoms with Gasteiger partial charge in [0.1, 0.15) is 0 Å². The van der Waals surface area contributed by atoms with Gasteiger partial charge in [0.15, 0.2) is 5.82 Å². The summed E-state index contributed by atoms with van der Waals surface area (Å²) in [5.41, 5.74) is 0. The molecule has 1 N–H and O–H groups in total. The summed E-state index contributed by atoms with van der Waals surface area (Å²) >= 11 is 0. The first-order chi connectivity index (χ1) is 8.20. The Morgan fingerprint density at radius 3 is 2.71 bits per heavy atom. The predicted octanol–water partition coefficient (Wildman–Crippen LogP) is 2.51. The molecule has 1 saturated carbocycles. The minimum atomic E-state index is 0.426. The third-order valence-corrected chi connectivity index (χ3v) is 3.62. The monoisotopic (exact) mass is 237 g/mol. The molecule has 4 heteroatoms. The fourth-order valence-electron chi connectivity index (χ4n) is 2.18. The lowest BCUT2D eigenvalue weighted by atomic mass is 9.85. The van der Waals surface area contributed by atoms with Crippen LogP contribution in [-0.2, 0) is 6.42 Å². The second-order valence-corrected chi connectivity index (χ2v) is 5.29. The van der Waals surface area contributed by atoms with Gasteiger partial charge >= 0.3 is 0 Å². The molecule has 0 aliphatic heterocycles. The SMILES string of the molecule is CCNC(Cc1nc(C2CCC2)no1)C(C)C. The van der Waals surface area contributed by atoms with E-state index in [4.69, 9.17) is 4.52 Å². The molecule has 1 atom stereocenters. The lowest BCUT2D eigenvalue weighted by Gasteiger charge is -2.21. The lowest BCUT2D eigenvalue weighted by molar-refractivity contribution is 0.319. The average molecular weight is 237 g/mol. The van der Waals surface area contributed by atoms with Gasteiger partial charge in [-0.2, -0.15) is 4.98 Å². The van der Waals surface area contributed by atoms with Crippen LogP contribution < -0.4 is 5.32 Å². The van der Waals surface area contributed by atoms with Crippen molar-refractivity contribution >= 4 is 0 Å². The molecule has 1 fully saturated rings. The molecule has 1 unspecified atom stereocenters. The maximum atomic E-state index is 5.35. The smallest absolute Gasteiger partial charge is 0.228 e. The standard InChI is InChI=1S/C13H23N3O/c1-4-14-11(9(2)3)8-12-15-13(16-17-12)10-6-5-7-10/h9-11,14H,4-8H2,1-3H3. The molecule has 1 aliphatic carbocycles. The summed E-state index contributed by atoms with van der Waals surface area (Å²) in [5.74, 6) is 2.84. The van der Waals surface area contributed by atoms with Gasteiger partial charge in [0.05, 0.1) is 0 Å². The van der Waals surface area contributed by atoms with Gasteiger partial charge in [0.25, 0.3) is 0 Å². The summed E-state index contributed by atoms with van der Waals surface area (Å²) in [6.07, 6.45) is 4.59. The first-order valence-electron chi connectivity index (χ1n) is 6.76. The van der Waals surface area contributed by atoms with E-state index in [2.05, 4.69) is 36.2 Å². The maximum absolute atomic E-state index is 5.35. The molecule has 0 radical (unpaired) electrons. The summed E-state index contributed by atoms with van der Waals surface area (Å²) in [7, 11) is 0. The van der Waals surface area contributed by atoms with Crippen LogP contribution in [0.3, 0.4) is 0 Å². The minimum absolute atomic E-state index is 0.426. The van der Waals surface area contributed by atoms with Crippen LogP contribution in [0, 0.1) is 5.92 Å². The van der Waals surface area contributed by atoms with E-state index in [0.717, 1.165) is 24.7 Å². The molecule has 1 aromatic rings. The van der Waals surface area contributed by atoms with Crippen LogP contribution in [0.4, 0.5) is 0 Å². The molecule has 0 bridgehead atoms. The normalized spacial score (nSPS) is 18.4. The van der Waals surface area contributed by atoms with Crippen LogP contribution in [0.5, 0.6) is 0 Å². The topological polar surface area (TPSA) is 51.0 Å². The first kappa shape index (κ1) is 12.6. The highest BCUT2D eigenvalue weighted by molar-refractivity contribution is 5.00. The van der Waals surface area contributed by atoms with E-state index < -0.39 is 0 Å². The Bertz CT molecular complexity index is 344. The third-order valence-electron chi connectivity index (χ3n) is 3.62. The minimum Gasteiger partial charge on any atom is -0.339 e. The van der Waals surface area contributed by atoms with E-state index in [9.17, 15) is 0 Å².